The van der Waals surface area contributed by atoms with Gasteiger partial charge in [0.1, 0.15) is 11.4 Å². The first-order chi connectivity index (χ1) is 12.4. The maximum Gasteiger partial charge on any atom is 0.421 e. The SMILES string of the molecule is CC(N)C1(c2cc(F)cc3c(-c4ccccc4)coc23)OC(=O)C(=O)O1. The van der Waals surface area contributed by atoms with E-state index in [0.717, 1.165) is 11.6 Å². The highest BCUT2D eigenvalue weighted by atomic mass is 19.1. The second-order valence-electron chi connectivity index (χ2n) is 6.08. The van der Waals surface area contributed by atoms with Gasteiger partial charge >= 0.3 is 17.7 Å². The molecule has 0 amide bonds. The van der Waals surface area contributed by atoms with Crippen molar-refractivity contribution in [3.8, 4) is 11.1 Å². The molecule has 2 aromatic carbocycles. The minimum atomic E-state index is -1.94. The third kappa shape index (κ3) is 2.28. The van der Waals surface area contributed by atoms with Gasteiger partial charge in [-0.05, 0) is 24.6 Å². The lowest BCUT2D eigenvalue weighted by atomic mass is 9.95. The number of fused-ring (bicyclic) bond motifs is 1. The van der Waals surface area contributed by atoms with Gasteiger partial charge in [-0.1, -0.05) is 30.3 Å². The van der Waals surface area contributed by atoms with Gasteiger partial charge in [0.15, 0.2) is 0 Å². The first-order valence-electron chi connectivity index (χ1n) is 7.91. The van der Waals surface area contributed by atoms with Crippen LogP contribution in [0, 0.1) is 5.82 Å². The van der Waals surface area contributed by atoms with E-state index in [4.69, 9.17) is 19.6 Å². The highest BCUT2D eigenvalue weighted by Gasteiger charge is 2.54. The van der Waals surface area contributed by atoms with Gasteiger partial charge in [0.2, 0.25) is 0 Å². The Morgan fingerprint density at radius 1 is 1.08 bits per heavy atom. The number of carbonyl (C=O) groups excluding carboxylic acids is 2. The van der Waals surface area contributed by atoms with Crippen molar-refractivity contribution < 1.29 is 27.9 Å². The predicted molar refractivity (Wildman–Crippen MR) is 89.1 cm³/mol. The molecule has 6 nitrogen and oxygen atoms in total. The van der Waals surface area contributed by atoms with Gasteiger partial charge in [0.05, 0.1) is 17.9 Å². The van der Waals surface area contributed by atoms with Crippen molar-refractivity contribution in [2.45, 2.75) is 18.8 Å². The zero-order valence-corrected chi connectivity index (χ0v) is 13.7. The standard InChI is InChI=1S/C19H14FNO5/c1-10(21)19(25-17(22)18(23)26-19)15-8-12(20)7-13-14(9-24-16(13)15)11-5-3-2-4-6-11/h2-10H,21H2,1H3. The lowest BCUT2D eigenvalue weighted by Crippen LogP contribution is -2.45. The van der Waals surface area contributed by atoms with Gasteiger partial charge in [-0.15, -0.1) is 0 Å². The minimum absolute atomic E-state index is 0.0453. The molecule has 1 unspecified atom stereocenters. The molecule has 132 valence electrons. The molecule has 1 aromatic heterocycles. The molecule has 7 heteroatoms. The summed E-state index contributed by atoms with van der Waals surface area (Å²) in [7, 11) is 0. The average Bonchev–Trinajstić information content (AvgIpc) is 3.17. The minimum Gasteiger partial charge on any atom is -0.463 e. The van der Waals surface area contributed by atoms with E-state index in [1.807, 2.05) is 30.3 Å². The van der Waals surface area contributed by atoms with Crippen LogP contribution >= 0.6 is 0 Å². The van der Waals surface area contributed by atoms with Crippen molar-refractivity contribution in [3.63, 3.8) is 0 Å². The molecule has 0 bridgehead atoms. The maximum absolute atomic E-state index is 14.4. The normalized spacial score (nSPS) is 17.2. The summed E-state index contributed by atoms with van der Waals surface area (Å²) in [6, 6.07) is 10.7. The molecular formula is C19H14FNO5. The Bertz CT molecular complexity index is 1010. The van der Waals surface area contributed by atoms with Gasteiger partial charge in [-0.3, -0.25) is 0 Å². The lowest BCUT2D eigenvalue weighted by molar-refractivity contribution is -0.191. The highest BCUT2D eigenvalue weighted by Crippen LogP contribution is 2.42. The molecule has 26 heavy (non-hydrogen) atoms. The van der Waals surface area contributed by atoms with Crippen LogP contribution < -0.4 is 5.73 Å². The molecule has 1 aliphatic heterocycles. The van der Waals surface area contributed by atoms with Gasteiger partial charge in [-0.25, -0.2) is 14.0 Å². The van der Waals surface area contributed by atoms with E-state index in [0.29, 0.717) is 10.9 Å². The Balaban J connectivity index is 1.98. The summed E-state index contributed by atoms with van der Waals surface area (Å²) in [4.78, 5) is 23.3. The topological polar surface area (TPSA) is 91.8 Å². The monoisotopic (exact) mass is 355 g/mol. The van der Waals surface area contributed by atoms with E-state index >= 15 is 0 Å². The molecule has 3 aromatic rings. The molecule has 1 fully saturated rings. The second kappa shape index (κ2) is 5.67. The van der Waals surface area contributed by atoms with E-state index in [2.05, 4.69) is 0 Å². The molecule has 0 radical (unpaired) electrons. The van der Waals surface area contributed by atoms with Crippen molar-refractivity contribution >= 4 is 22.9 Å². The first-order valence-corrected chi connectivity index (χ1v) is 7.91. The van der Waals surface area contributed by atoms with E-state index in [1.165, 1.54) is 19.3 Å². The van der Waals surface area contributed by atoms with Crippen molar-refractivity contribution in [2.75, 3.05) is 0 Å². The smallest absolute Gasteiger partial charge is 0.421 e. The number of hydrogen-bond donors (Lipinski definition) is 1. The molecule has 0 aliphatic carbocycles. The molecule has 1 saturated heterocycles. The lowest BCUT2D eigenvalue weighted by Gasteiger charge is -2.29. The Morgan fingerprint density at radius 3 is 2.35 bits per heavy atom. The number of nitrogens with two attached hydrogens (primary N) is 1. The average molecular weight is 355 g/mol. The van der Waals surface area contributed by atoms with Crippen LogP contribution in [0.2, 0.25) is 0 Å². The van der Waals surface area contributed by atoms with Crippen molar-refractivity contribution in [2.24, 2.45) is 5.73 Å². The number of furan rings is 1. The van der Waals surface area contributed by atoms with Crippen LogP contribution in [0.1, 0.15) is 12.5 Å². The Labute approximate surface area is 147 Å². The van der Waals surface area contributed by atoms with Crippen molar-refractivity contribution in [3.05, 3.63) is 60.1 Å². The van der Waals surface area contributed by atoms with Crippen molar-refractivity contribution in [1.29, 1.82) is 0 Å². The number of carbonyl (C=O) groups is 2. The quantitative estimate of drug-likeness (QED) is 0.574. The van der Waals surface area contributed by atoms with Crippen LogP contribution in [0.15, 0.2) is 53.1 Å². The van der Waals surface area contributed by atoms with E-state index in [9.17, 15) is 14.0 Å². The number of hydrogen-bond acceptors (Lipinski definition) is 6. The summed E-state index contributed by atoms with van der Waals surface area (Å²) in [5, 5.41) is 0.449. The molecule has 2 heterocycles. The Kier molecular flexibility index (Phi) is 3.55. The number of benzene rings is 2. The number of ether oxygens (including phenoxy) is 2. The zero-order chi connectivity index (χ0) is 18.5. The maximum atomic E-state index is 14.4. The summed E-state index contributed by atoms with van der Waals surface area (Å²) in [6.07, 6.45) is 1.47. The summed E-state index contributed by atoms with van der Waals surface area (Å²) in [5.74, 6) is -4.92. The summed E-state index contributed by atoms with van der Waals surface area (Å²) >= 11 is 0. The van der Waals surface area contributed by atoms with Gasteiger partial charge in [0, 0.05) is 10.9 Å². The molecular weight excluding hydrogens is 341 g/mol. The van der Waals surface area contributed by atoms with Crippen molar-refractivity contribution in [1.82, 2.24) is 0 Å². The second-order valence-corrected chi connectivity index (χ2v) is 6.08. The molecule has 0 spiro atoms. The highest BCUT2D eigenvalue weighted by molar-refractivity contribution is 6.31. The molecule has 4 rings (SSSR count). The fourth-order valence-electron chi connectivity index (χ4n) is 3.12. The van der Waals surface area contributed by atoms with Gasteiger partial charge in [0.25, 0.3) is 0 Å². The third-order valence-electron chi connectivity index (χ3n) is 4.35. The number of rotatable bonds is 3. The van der Waals surface area contributed by atoms with E-state index in [-0.39, 0.29) is 11.1 Å². The fourth-order valence-corrected chi connectivity index (χ4v) is 3.12. The molecule has 2 N–H and O–H groups in total. The summed E-state index contributed by atoms with van der Waals surface area (Å²) < 4.78 is 30.3. The summed E-state index contributed by atoms with van der Waals surface area (Å²) in [5.41, 5.74) is 7.67. The van der Waals surface area contributed by atoms with Crippen LogP contribution in [0.25, 0.3) is 22.1 Å². The first kappa shape index (κ1) is 16.3. The van der Waals surface area contributed by atoms with Crippen LogP contribution in [0.3, 0.4) is 0 Å². The Hall–Kier alpha value is -3.19. The van der Waals surface area contributed by atoms with Crippen LogP contribution in [0.4, 0.5) is 4.39 Å². The van der Waals surface area contributed by atoms with Gasteiger partial charge < -0.3 is 19.6 Å². The fraction of sp³-hybridized carbons (Fsp3) is 0.158. The van der Waals surface area contributed by atoms with Crippen LogP contribution in [-0.2, 0) is 24.8 Å². The number of cyclic esters (lactones) is 2. The van der Waals surface area contributed by atoms with E-state index < -0.39 is 29.6 Å². The molecule has 1 atom stereocenters. The van der Waals surface area contributed by atoms with E-state index in [1.54, 1.807) is 0 Å². The largest absolute Gasteiger partial charge is 0.463 e. The van der Waals surface area contributed by atoms with Crippen LogP contribution in [0.5, 0.6) is 0 Å². The van der Waals surface area contributed by atoms with Gasteiger partial charge in [-0.2, -0.15) is 0 Å². The van der Waals surface area contributed by atoms with Crippen LogP contribution in [-0.4, -0.2) is 18.0 Å². The summed E-state index contributed by atoms with van der Waals surface area (Å²) in [6.45, 7) is 1.49. The number of halogens is 1. The number of esters is 2. The molecule has 1 aliphatic rings. The zero-order valence-electron chi connectivity index (χ0n) is 13.7. The third-order valence-corrected chi connectivity index (χ3v) is 4.35. The Morgan fingerprint density at radius 2 is 1.73 bits per heavy atom. The predicted octanol–water partition coefficient (Wildman–Crippen LogP) is 2.84. The molecule has 0 saturated carbocycles.